The fourth-order valence-electron chi connectivity index (χ4n) is 3.76. The van der Waals surface area contributed by atoms with Crippen molar-refractivity contribution in [3.8, 4) is 0 Å². The fourth-order valence-corrected chi connectivity index (χ4v) is 3.76. The van der Waals surface area contributed by atoms with Gasteiger partial charge in [-0.25, -0.2) is 4.79 Å². The quantitative estimate of drug-likeness (QED) is 0.560. The Morgan fingerprint density at radius 2 is 2.00 bits per heavy atom. The van der Waals surface area contributed by atoms with Crippen LogP contribution in [-0.2, 0) is 14.3 Å². The van der Waals surface area contributed by atoms with Crippen LogP contribution in [0.2, 0.25) is 0 Å². The minimum Gasteiger partial charge on any atom is -0.460 e. The number of ether oxygens (including phenoxy) is 2. The summed E-state index contributed by atoms with van der Waals surface area (Å²) in [7, 11) is 0. The van der Waals surface area contributed by atoms with Crippen LogP contribution in [0.5, 0.6) is 0 Å². The van der Waals surface area contributed by atoms with Gasteiger partial charge in [0.1, 0.15) is 11.7 Å². The van der Waals surface area contributed by atoms with Crippen LogP contribution in [0.1, 0.15) is 64.7 Å². The van der Waals surface area contributed by atoms with Gasteiger partial charge in [-0.3, -0.25) is 0 Å². The van der Waals surface area contributed by atoms with E-state index in [1.165, 1.54) is 19.3 Å². The predicted molar refractivity (Wildman–Crippen MR) is 63.7 cm³/mol. The maximum atomic E-state index is 12.3. The van der Waals surface area contributed by atoms with Crippen LogP contribution in [0.25, 0.3) is 0 Å². The van der Waals surface area contributed by atoms with E-state index >= 15 is 0 Å². The highest BCUT2D eigenvalue weighted by atomic mass is 16.7. The van der Waals surface area contributed by atoms with Crippen LogP contribution in [0, 0.1) is 0 Å². The molecule has 0 bridgehead atoms. The molecule has 3 rings (SSSR count). The third-order valence-corrected chi connectivity index (χ3v) is 4.90. The van der Waals surface area contributed by atoms with Gasteiger partial charge in [-0.1, -0.05) is 13.3 Å². The van der Waals surface area contributed by atoms with Crippen molar-refractivity contribution in [3.05, 3.63) is 0 Å². The SMILES string of the molecule is CCC12CCCC1(C(=O)OC1CCCCC1)O2. The van der Waals surface area contributed by atoms with Gasteiger partial charge >= 0.3 is 5.97 Å². The Balaban J connectivity index is 1.63. The largest absolute Gasteiger partial charge is 0.460 e. The second kappa shape index (κ2) is 3.98. The van der Waals surface area contributed by atoms with Crippen LogP contribution in [0.15, 0.2) is 0 Å². The number of hydrogen-bond acceptors (Lipinski definition) is 3. The molecule has 2 aliphatic carbocycles. The van der Waals surface area contributed by atoms with Crippen LogP contribution in [-0.4, -0.2) is 23.3 Å². The van der Waals surface area contributed by atoms with Crippen LogP contribution in [0.4, 0.5) is 0 Å². The molecule has 2 saturated carbocycles. The molecular formula is C14H22O3. The van der Waals surface area contributed by atoms with E-state index in [4.69, 9.17) is 9.47 Å². The van der Waals surface area contributed by atoms with Crippen molar-refractivity contribution in [2.75, 3.05) is 0 Å². The summed E-state index contributed by atoms with van der Waals surface area (Å²) in [6, 6.07) is 0. The highest BCUT2D eigenvalue weighted by Gasteiger charge is 2.76. The maximum Gasteiger partial charge on any atom is 0.341 e. The fraction of sp³-hybridized carbons (Fsp3) is 0.929. The molecule has 1 aliphatic heterocycles. The zero-order valence-electron chi connectivity index (χ0n) is 10.7. The maximum absolute atomic E-state index is 12.3. The number of rotatable bonds is 3. The highest BCUT2D eigenvalue weighted by Crippen LogP contribution is 2.62. The molecule has 2 unspecified atom stereocenters. The number of epoxide rings is 1. The molecule has 96 valence electrons. The lowest BCUT2D eigenvalue weighted by Gasteiger charge is -2.23. The normalized spacial score (nSPS) is 41.0. The molecule has 0 N–H and O–H groups in total. The molecule has 0 radical (unpaired) electrons. The molecule has 0 aromatic heterocycles. The first-order valence-corrected chi connectivity index (χ1v) is 7.14. The Kier molecular flexibility index (Phi) is 2.69. The zero-order valence-corrected chi connectivity index (χ0v) is 10.7. The average Bonchev–Trinajstić information content (AvgIpc) is 2.89. The Morgan fingerprint density at radius 3 is 2.65 bits per heavy atom. The van der Waals surface area contributed by atoms with Gasteiger partial charge < -0.3 is 9.47 Å². The first-order valence-electron chi connectivity index (χ1n) is 7.14. The van der Waals surface area contributed by atoms with Crippen LogP contribution < -0.4 is 0 Å². The van der Waals surface area contributed by atoms with E-state index in [0.29, 0.717) is 0 Å². The molecule has 2 atom stereocenters. The third-order valence-electron chi connectivity index (χ3n) is 4.90. The molecule has 0 spiro atoms. The summed E-state index contributed by atoms with van der Waals surface area (Å²) in [6.07, 6.45) is 9.87. The smallest absolute Gasteiger partial charge is 0.341 e. The second-order valence-corrected chi connectivity index (χ2v) is 5.80. The van der Waals surface area contributed by atoms with Crippen molar-refractivity contribution >= 4 is 5.97 Å². The molecular weight excluding hydrogens is 216 g/mol. The Bertz CT molecular complexity index is 321. The van der Waals surface area contributed by atoms with Crippen molar-refractivity contribution in [2.24, 2.45) is 0 Å². The number of hydrogen-bond donors (Lipinski definition) is 0. The summed E-state index contributed by atoms with van der Waals surface area (Å²) in [5, 5.41) is 0. The molecule has 3 fully saturated rings. The molecule has 0 amide bonds. The average molecular weight is 238 g/mol. The molecule has 3 nitrogen and oxygen atoms in total. The number of esters is 1. The van der Waals surface area contributed by atoms with Gasteiger partial charge in [0.2, 0.25) is 0 Å². The summed E-state index contributed by atoms with van der Waals surface area (Å²) in [5.41, 5.74) is -0.696. The summed E-state index contributed by atoms with van der Waals surface area (Å²) in [5.74, 6) is -0.0660. The van der Waals surface area contributed by atoms with Crippen molar-refractivity contribution in [1.82, 2.24) is 0 Å². The summed E-state index contributed by atoms with van der Waals surface area (Å²) < 4.78 is 11.5. The number of fused-ring (bicyclic) bond motifs is 1. The van der Waals surface area contributed by atoms with Gasteiger partial charge in [-0.2, -0.15) is 0 Å². The minimum absolute atomic E-state index is 0.0660. The molecule has 17 heavy (non-hydrogen) atoms. The number of carbonyl (C=O) groups is 1. The zero-order chi connectivity index (χ0) is 11.9. The monoisotopic (exact) mass is 238 g/mol. The highest BCUT2D eigenvalue weighted by molar-refractivity contribution is 5.85. The molecule has 0 aromatic carbocycles. The van der Waals surface area contributed by atoms with E-state index in [2.05, 4.69) is 6.92 Å². The second-order valence-electron chi connectivity index (χ2n) is 5.80. The van der Waals surface area contributed by atoms with E-state index in [0.717, 1.165) is 38.5 Å². The first-order chi connectivity index (χ1) is 8.22. The Hall–Kier alpha value is -0.570. The minimum atomic E-state index is -0.542. The topological polar surface area (TPSA) is 38.8 Å². The van der Waals surface area contributed by atoms with Gasteiger partial charge in [0.25, 0.3) is 0 Å². The van der Waals surface area contributed by atoms with E-state index in [-0.39, 0.29) is 17.7 Å². The summed E-state index contributed by atoms with van der Waals surface area (Å²) in [4.78, 5) is 12.3. The molecule has 0 aromatic rings. The molecule has 3 heteroatoms. The van der Waals surface area contributed by atoms with Gasteiger partial charge in [0, 0.05) is 0 Å². The van der Waals surface area contributed by atoms with Crippen molar-refractivity contribution in [2.45, 2.75) is 82.0 Å². The van der Waals surface area contributed by atoms with Crippen molar-refractivity contribution in [3.63, 3.8) is 0 Å². The molecule has 1 heterocycles. The van der Waals surface area contributed by atoms with E-state index < -0.39 is 5.60 Å². The van der Waals surface area contributed by atoms with Gasteiger partial charge in [0.15, 0.2) is 5.60 Å². The van der Waals surface area contributed by atoms with E-state index in [1.807, 2.05) is 0 Å². The Labute approximate surface area is 103 Å². The predicted octanol–water partition coefficient (Wildman–Crippen LogP) is 2.96. The Morgan fingerprint density at radius 1 is 1.24 bits per heavy atom. The van der Waals surface area contributed by atoms with Gasteiger partial charge in [-0.05, 0) is 51.4 Å². The lowest BCUT2D eigenvalue weighted by Crippen LogP contribution is -2.34. The third kappa shape index (κ3) is 1.62. The van der Waals surface area contributed by atoms with Crippen LogP contribution >= 0.6 is 0 Å². The van der Waals surface area contributed by atoms with Crippen LogP contribution in [0.3, 0.4) is 0 Å². The summed E-state index contributed by atoms with van der Waals surface area (Å²) in [6.45, 7) is 2.11. The number of carbonyl (C=O) groups excluding carboxylic acids is 1. The lowest BCUT2D eigenvalue weighted by atomic mass is 9.93. The van der Waals surface area contributed by atoms with Crippen molar-refractivity contribution < 1.29 is 14.3 Å². The van der Waals surface area contributed by atoms with E-state index in [1.54, 1.807) is 0 Å². The van der Waals surface area contributed by atoms with Crippen molar-refractivity contribution in [1.29, 1.82) is 0 Å². The standard InChI is InChI=1S/C14H22O3/c1-2-13-9-6-10-14(13,17-13)12(15)16-11-7-4-3-5-8-11/h11H,2-10H2,1H3. The van der Waals surface area contributed by atoms with Gasteiger partial charge in [0.05, 0.1) is 0 Å². The lowest BCUT2D eigenvalue weighted by molar-refractivity contribution is -0.157. The first kappa shape index (κ1) is 11.5. The van der Waals surface area contributed by atoms with E-state index in [9.17, 15) is 4.79 Å². The van der Waals surface area contributed by atoms with Gasteiger partial charge in [-0.15, -0.1) is 0 Å². The molecule has 1 saturated heterocycles. The molecule has 3 aliphatic rings. The summed E-state index contributed by atoms with van der Waals surface area (Å²) >= 11 is 0.